The maximum absolute atomic E-state index is 13.3. The second-order valence-corrected chi connectivity index (χ2v) is 8.05. The third-order valence-corrected chi connectivity index (χ3v) is 5.77. The highest BCUT2D eigenvalue weighted by Gasteiger charge is 2.26. The second-order valence-electron chi connectivity index (χ2n) is 8.05. The van der Waals surface area contributed by atoms with Gasteiger partial charge in [-0.25, -0.2) is 14.4 Å². The molecule has 8 nitrogen and oxygen atoms in total. The number of halogens is 1. The molecule has 0 atom stereocenters. The molecular formula is C24H24FN5O3. The van der Waals surface area contributed by atoms with Crippen LogP contribution in [-0.4, -0.2) is 51.9 Å². The molecule has 3 aromatic rings. The van der Waals surface area contributed by atoms with E-state index in [1.807, 2.05) is 13.8 Å². The molecule has 0 spiro atoms. The van der Waals surface area contributed by atoms with Crippen LogP contribution in [0.1, 0.15) is 33.0 Å². The summed E-state index contributed by atoms with van der Waals surface area (Å²) in [5.74, 6) is 0.993. The molecule has 0 saturated carbocycles. The Hall–Kier alpha value is -3.88. The Balaban J connectivity index is 1.51. The van der Waals surface area contributed by atoms with E-state index in [4.69, 9.17) is 4.98 Å². The maximum Gasteiger partial charge on any atom is 0.270 e. The topological polar surface area (TPSA) is 92.5 Å². The van der Waals surface area contributed by atoms with Crippen molar-refractivity contribution in [1.29, 1.82) is 0 Å². The van der Waals surface area contributed by atoms with Gasteiger partial charge in [-0.2, -0.15) is 0 Å². The molecule has 0 radical (unpaired) electrons. The fourth-order valence-electron chi connectivity index (χ4n) is 4.05. The van der Waals surface area contributed by atoms with Crippen molar-refractivity contribution in [2.75, 3.05) is 31.1 Å². The Labute approximate surface area is 190 Å². The van der Waals surface area contributed by atoms with E-state index < -0.39 is 4.92 Å². The molecule has 0 bridgehead atoms. The second kappa shape index (κ2) is 9.32. The molecule has 9 heteroatoms. The molecule has 1 aliphatic heterocycles. The minimum absolute atomic E-state index is 0.100. The maximum atomic E-state index is 13.3. The fraction of sp³-hybridized carbons (Fsp3) is 0.292. The number of carbonyl (C=O) groups is 1. The van der Waals surface area contributed by atoms with Gasteiger partial charge in [0.2, 0.25) is 0 Å². The number of benzene rings is 2. The number of carbonyl (C=O) groups excluding carboxylic acids is 1. The minimum Gasteiger partial charge on any atom is -0.353 e. The summed E-state index contributed by atoms with van der Waals surface area (Å²) < 4.78 is 13.3. The van der Waals surface area contributed by atoms with Crippen LogP contribution in [0.2, 0.25) is 0 Å². The third kappa shape index (κ3) is 4.97. The monoisotopic (exact) mass is 449 g/mol. The third-order valence-electron chi connectivity index (χ3n) is 5.77. The van der Waals surface area contributed by atoms with Gasteiger partial charge in [-0.1, -0.05) is 18.2 Å². The summed E-state index contributed by atoms with van der Waals surface area (Å²) in [6.07, 6.45) is 0.578. The number of anilines is 1. The Bertz CT molecular complexity index is 1190. The Kier molecular flexibility index (Phi) is 6.30. The number of aromatic nitrogens is 2. The van der Waals surface area contributed by atoms with E-state index in [1.165, 1.54) is 30.3 Å². The Morgan fingerprint density at radius 2 is 1.76 bits per heavy atom. The molecule has 1 saturated heterocycles. The van der Waals surface area contributed by atoms with Gasteiger partial charge in [-0.15, -0.1) is 0 Å². The summed E-state index contributed by atoms with van der Waals surface area (Å²) in [5.41, 5.74) is 3.02. The standard InChI is InChI=1S/C24H24FN5O3/c1-16-22(14-18-6-8-20(25)9-7-18)23(27-17(2)26-16)28-10-12-29(13-11-28)24(31)19-4-3-5-21(15-19)30(32)33/h3-9,15H,10-14H2,1-2H3. The molecule has 0 unspecified atom stereocenters. The summed E-state index contributed by atoms with van der Waals surface area (Å²) in [6.45, 7) is 5.89. The molecule has 4 rings (SSSR count). The van der Waals surface area contributed by atoms with Gasteiger partial charge in [0.15, 0.2) is 0 Å². The number of hydrogen-bond acceptors (Lipinski definition) is 6. The van der Waals surface area contributed by atoms with Gasteiger partial charge < -0.3 is 9.80 Å². The normalized spacial score (nSPS) is 13.8. The molecule has 170 valence electrons. The Morgan fingerprint density at radius 3 is 2.42 bits per heavy atom. The number of nitro benzene ring substituents is 1. The van der Waals surface area contributed by atoms with E-state index >= 15 is 0 Å². The summed E-state index contributed by atoms with van der Waals surface area (Å²) in [4.78, 5) is 36.5. The lowest BCUT2D eigenvalue weighted by Crippen LogP contribution is -2.49. The first-order valence-corrected chi connectivity index (χ1v) is 10.7. The first-order valence-electron chi connectivity index (χ1n) is 10.7. The van der Waals surface area contributed by atoms with Crippen LogP contribution in [0.3, 0.4) is 0 Å². The molecule has 1 aliphatic rings. The highest BCUT2D eigenvalue weighted by Crippen LogP contribution is 2.26. The molecule has 0 N–H and O–H groups in total. The SMILES string of the molecule is Cc1nc(C)c(Cc2ccc(F)cc2)c(N2CCN(C(=O)c3cccc([N+](=O)[O-])c3)CC2)n1. The van der Waals surface area contributed by atoms with Gasteiger partial charge >= 0.3 is 0 Å². The zero-order chi connectivity index (χ0) is 23.5. The van der Waals surface area contributed by atoms with Crippen molar-refractivity contribution in [3.05, 3.63) is 92.7 Å². The van der Waals surface area contributed by atoms with Gasteiger partial charge in [0, 0.05) is 61.6 Å². The number of piperazine rings is 1. The Morgan fingerprint density at radius 1 is 1.06 bits per heavy atom. The molecule has 2 heterocycles. The van der Waals surface area contributed by atoms with Crippen LogP contribution in [0.15, 0.2) is 48.5 Å². The van der Waals surface area contributed by atoms with Crippen molar-refractivity contribution in [3.63, 3.8) is 0 Å². The van der Waals surface area contributed by atoms with Crippen molar-refractivity contribution >= 4 is 17.4 Å². The quantitative estimate of drug-likeness (QED) is 0.436. The van der Waals surface area contributed by atoms with E-state index in [9.17, 15) is 19.3 Å². The van der Waals surface area contributed by atoms with E-state index in [0.717, 1.165) is 22.6 Å². The number of nitrogens with zero attached hydrogens (tertiary/aromatic N) is 5. The molecule has 1 amide bonds. The van der Waals surface area contributed by atoms with Crippen molar-refractivity contribution in [2.45, 2.75) is 20.3 Å². The van der Waals surface area contributed by atoms with E-state index in [-0.39, 0.29) is 17.4 Å². The van der Waals surface area contributed by atoms with Crippen LogP contribution in [0.25, 0.3) is 0 Å². The summed E-state index contributed by atoms with van der Waals surface area (Å²) in [7, 11) is 0. The van der Waals surface area contributed by atoms with E-state index in [2.05, 4.69) is 9.88 Å². The number of hydrogen-bond donors (Lipinski definition) is 0. The zero-order valence-corrected chi connectivity index (χ0v) is 18.5. The van der Waals surface area contributed by atoms with Crippen molar-refractivity contribution in [3.8, 4) is 0 Å². The summed E-state index contributed by atoms with van der Waals surface area (Å²) in [5, 5.41) is 11.0. The van der Waals surface area contributed by atoms with Crippen molar-refractivity contribution in [2.24, 2.45) is 0 Å². The lowest BCUT2D eigenvalue weighted by atomic mass is 10.0. The molecule has 2 aromatic carbocycles. The highest BCUT2D eigenvalue weighted by atomic mass is 19.1. The lowest BCUT2D eigenvalue weighted by molar-refractivity contribution is -0.384. The van der Waals surface area contributed by atoms with Crippen molar-refractivity contribution in [1.82, 2.24) is 14.9 Å². The summed E-state index contributed by atoms with van der Waals surface area (Å²) >= 11 is 0. The van der Waals surface area contributed by atoms with Gasteiger partial charge in [-0.05, 0) is 37.6 Å². The van der Waals surface area contributed by atoms with Crippen LogP contribution < -0.4 is 4.90 Å². The first kappa shape index (κ1) is 22.3. The van der Waals surface area contributed by atoms with Gasteiger partial charge in [-0.3, -0.25) is 14.9 Å². The van der Waals surface area contributed by atoms with Crippen LogP contribution in [0.4, 0.5) is 15.9 Å². The van der Waals surface area contributed by atoms with Gasteiger partial charge in [0.05, 0.1) is 4.92 Å². The molecule has 33 heavy (non-hydrogen) atoms. The highest BCUT2D eigenvalue weighted by molar-refractivity contribution is 5.95. The number of non-ortho nitro benzene ring substituents is 1. The number of rotatable bonds is 5. The summed E-state index contributed by atoms with van der Waals surface area (Å²) in [6, 6.07) is 12.2. The van der Waals surface area contributed by atoms with E-state index in [0.29, 0.717) is 44.0 Å². The molecular weight excluding hydrogens is 425 g/mol. The number of nitro groups is 1. The zero-order valence-electron chi connectivity index (χ0n) is 18.5. The molecule has 0 aliphatic carbocycles. The van der Waals surface area contributed by atoms with Crippen LogP contribution in [0.5, 0.6) is 0 Å². The van der Waals surface area contributed by atoms with Crippen LogP contribution >= 0.6 is 0 Å². The predicted octanol–water partition coefficient (Wildman–Crippen LogP) is 3.69. The average molecular weight is 449 g/mol. The van der Waals surface area contributed by atoms with Crippen LogP contribution in [-0.2, 0) is 6.42 Å². The number of amides is 1. The molecule has 1 aromatic heterocycles. The smallest absolute Gasteiger partial charge is 0.270 e. The predicted molar refractivity (Wildman–Crippen MR) is 122 cm³/mol. The van der Waals surface area contributed by atoms with E-state index in [1.54, 1.807) is 23.1 Å². The number of aryl methyl sites for hydroxylation is 2. The van der Waals surface area contributed by atoms with Crippen molar-refractivity contribution < 1.29 is 14.1 Å². The molecule has 1 fully saturated rings. The van der Waals surface area contributed by atoms with Crippen LogP contribution in [0, 0.1) is 29.8 Å². The largest absolute Gasteiger partial charge is 0.353 e. The average Bonchev–Trinajstić information content (AvgIpc) is 2.81. The minimum atomic E-state index is -0.503. The van der Waals surface area contributed by atoms with Gasteiger partial charge in [0.1, 0.15) is 17.5 Å². The van der Waals surface area contributed by atoms with Gasteiger partial charge in [0.25, 0.3) is 11.6 Å². The first-order chi connectivity index (χ1) is 15.8. The fourth-order valence-corrected chi connectivity index (χ4v) is 4.05. The lowest BCUT2D eigenvalue weighted by Gasteiger charge is -2.36.